The van der Waals surface area contributed by atoms with Crippen LogP contribution in [0.15, 0.2) is 47.4 Å². The molecule has 27 heavy (non-hydrogen) atoms. The number of aromatic nitrogens is 2. The largest absolute Gasteiger partial charge is 0.393 e. The number of non-ortho nitro benzene ring substituents is 1. The molecule has 0 saturated heterocycles. The molecule has 0 aliphatic carbocycles. The van der Waals surface area contributed by atoms with E-state index in [1.807, 2.05) is 0 Å². The van der Waals surface area contributed by atoms with Crippen molar-refractivity contribution in [2.24, 2.45) is 0 Å². The topological polar surface area (TPSA) is 137 Å². The fraction of sp³-hybridized carbons (Fsp3) is 0.188. The standard InChI is InChI=1S/C16H13FN4O6/c17-12-7-20(13-5-4-11(8-22)27-13)16(24)19-14(12)18-15(23)9-2-1-3-10(6-9)21(25)26/h1-7,11,13,22H,8H2,(H,18,19,23,24)/t11-,13+/m0/s1. The fourth-order valence-corrected chi connectivity index (χ4v) is 2.41. The maximum Gasteiger partial charge on any atom is 0.352 e. The van der Waals surface area contributed by atoms with E-state index in [1.54, 1.807) is 0 Å². The second-order valence-corrected chi connectivity index (χ2v) is 5.52. The SMILES string of the molecule is O=C(Nc1nc(=O)n([C@H]2C=C[C@@H](CO)O2)cc1F)c1cccc([N+](=O)[O-])c1. The lowest BCUT2D eigenvalue weighted by Gasteiger charge is -2.15. The predicted molar refractivity (Wildman–Crippen MR) is 89.6 cm³/mol. The van der Waals surface area contributed by atoms with Gasteiger partial charge in [-0.05, 0) is 12.1 Å². The van der Waals surface area contributed by atoms with Gasteiger partial charge in [0.2, 0.25) is 0 Å². The lowest BCUT2D eigenvalue weighted by molar-refractivity contribution is -0.384. The molecule has 140 valence electrons. The molecule has 0 fully saturated rings. The minimum Gasteiger partial charge on any atom is -0.393 e. The lowest BCUT2D eigenvalue weighted by atomic mass is 10.2. The van der Waals surface area contributed by atoms with Gasteiger partial charge in [0, 0.05) is 17.7 Å². The van der Waals surface area contributed by atoms with Gasteiger partial charge in [-0.2, -0.15) is 4.98 Å². The third-order valence-electron chi connectivity index (χ3n) is 3.72. The molecule has 11 heteroatoms. The van der Waals surface area contributed by atoms with Crippen LogP contribution in [-0.2, 0) is 4.74 Å². The molecule has 0 radical (unpaired) electrons. The average Bonchev–Trinajstić information content (AvgIpc) is 3.13. The van der Waals surface area contributed by atoms with E-state index in [4.69, 9.17) is 9.84 Å². The highest BCUT2D eigenvalue weighted by atomic mass is 19.1. The second-order valence-electron chi connectivity index (χ2n) is 5.52. The third kappa shape index (κ3) is 3.88. The van der Waals surface area contributed by atoms with Gasteiger partial charge in [0.25, 0.3) is 11.6 Å². The van der Waals surface area contributed by atoms with E-state index in [-0.39, 0.29) is 17.9 Å². The first-order valence-electron chi connectivity index (χ1n) is 7.68. The van der Waals surface area contributed by atoms with Crippen molar-refractivity contribution >= 4 is 17.4 Å². The van der Waals surface area contributed by atoms with Crippen molar-refractivity contribution in [1.82, 2.24) is 9.55 Å². The second kappa shape index (κ2) is 7.43. The zero-order valence-electron chi connectivity index (χ0n) is 13.6. The van der Waals surface area contributed by atoms with Gasteiger partial charge in [-0.25, -0.2) is 9.18 Å². The van der Waals surface area contributed by atoms with Crippen LogP contribution in [0, 0.1) is 15.9 Å². The number of halogens is 1. The summed E-state index contributed by atoms with van der Waals surface area (Å²) in [5.74, 6) is -2.48. The summed E-state index contributed by atoms with van der Waals surface area (Å²) in [5, 5.41) is 21.9. The van der Waals surface area contributed by atoms with E-state index in [0.29, 0.717) is 0 Å². The number of carbonyl (C=O) groups is 1. The number of nitro groups is 1. The Labute approximate surface area is 150 Å². The number of nitrogens with zero attached hydrogens (tertiary/aromatic N) is 3. The van der Waals surface area contributed by atoms with Gasteiger partial charge < -0.3 is 15.2 Å². The molecule has 0 saturated carbocycles. The molecule has 2 N–H and O–H groups in total. The van der Waals surface area contributed by atoms with Crippen molar-refractivity contribution in [3.05, 3.63) is 74.6 Å². The number of aliphatic hydroxyl groups is 1. The van der Waals surface area contributed by atoms with E-state index in [0.717, 1.165) is 16.8 Å². The highest BCUT2D eigenvalue weighted by Gasteiger charge is 2.23. The first-order chi connectivity index (χ1) is 12.9. The number of hydrogen-bond acceptors (Lipinski definition) is 7. The number of anilines is 1. The van der Waals surface area contributed by atoms with Crippen LogP contribution in [0.25, 0.3) is 0 Å². The van der Waals surface area contributed by atoms with E-state index in [9.17, 15) is 24.1 Å². The van der Waals surface area contributed by atoms with Crippen molar-refractivity contribution in [2.45, 2.75) is 12.3 Å². The average molecular weight is 376 g/mol. The molecule has 1 aromatic heterocycles. The van der Waals surface area contributed by atoms with Gasteiger partial charge in [0.1, 0.15) is 6.10 Å². The van der Waals surface area contributed by atoms with Crippen LogP contribution in [0.4, 0.5) is 15.9 Å². The van der Waals surface area contributed by atoms with E-state index in [2.05, 4.69) is 10.3 Å². The highest BCUT2D eigenvalue weighted by molar-refractivity contribution is 6.04. The molecule has 1 aromatic carbocycles. The third-order valence-corrected chi connectivity index (χ3v) is 3.72. The lowest BCUT2D eigenvalue weighted by Crippen LogP contribution is -2.30. The molecule has 0 bridgehead atoms. The molecular formula is C16H13FN4O6. The van der Waals surface area contributed by atoms with Crippen molar-refractivity contribution in [1.29, 1.82) is 0 Å². The zero-order chi connectivity index (χ0) is 19.6. The summed E-state index contributed by atoms with van der Waals surface area (Å²) in [4.78, 5) is 37.8. The van der Waals surface area contributed by atoms with Crippen LogP contribution < -0.4 is 11.0 Å². The smallest absolute Gasteiger partial charge is 0.352 e. The molecule has 2 atom stereocenters. The number of benzene rings is 1. The van der Waals surface area contributed by atoms with Gasteiger partial charge in [0.15, 0.2) is 17.9 Å². The number of ether oxygens (including phenoxy) is 1. The number of aliphatic hydroxyl groups excluding tert-OH is 1. The highest BCUT2D eigenvalue weighted by Crippen LogP contribution is 2.21. The normalized spacial score (nSPS) is 18.4. The Bertz CT molecular complexity index is 989. The molecular weight excluding hydrogens is 363 g/mol. The number of hydrogen-bond donors (Lipinski definition) is 2. The Morgan fingerprint density at radius 2 is 2.22 bits per heavy atom. The van der Waals surface area contributed by atoms with Gasteiger partial charge in [-0.1, -0.05) is 12.1 Å². The van der Waals surface area contributed by atoms with Crippen molar-refractivity contribution < 1.29 is 24.0 Å². The van der Waals surface area contributed by atoms with Gasteiger partial charge in [0.05, 0.1) is 17.7 Å². The molecule has 1 aliphatic rings. The number of amides is 1. The van der Waals surface area contributed by atoms with Crippen molar-refractivity contribution in [3.63, 3.8) is 0 Å². The molecule has 3 rings (SSSR count). The Morgan fingerprint density at radius 1 is 1.44 bits per heavy atom. The Hall–Kier alpha value is -3.44. The molecule has 1 aliphatic heterocycles. The van der Waals surface area contributed by atoms with Gasteiger partial charge in [-0.15, -0.1) is 0 Å². The summed E-state index contributed by atoms with van der Waals surface area (Å²) in [6.07, 6.45) is 2.25. The summed E-state index contributed by atoms with van der Waals surface area (Å²) in [6, 6.07) is 4.82. The van der Waals surface area contributed by atoms with Crippen LogP contribution in [0.2, 0.25) is 0 Å². The van der Waals surface area contributed by atoms with E-state index < -0.39 is 40.5 Å². The molecule has 2 aromatic rings. The summed E-state index contributed by atoms with van der Waals surface area (Å²) >= 11 is 0. The predicted octanol–water partition coefficient (Wildman–Crippen LogP) is 0.989. The van der Waals surface area contributed by atoms with Crippen LogP contribution in [0.3, 0.4) is 0 Å². The number of nitro benzene ring substituents is 1. The Morgan fingerprint density at radius 3 is 2.89 bits per heavy atom. The first-order valence-corrected chi connectivity index (χ1v) is 7.68. The zero-order valence-corrected chi connectivity index (χ0v) is 13.6. The molecule has 10 nitrogen and oxygen atoms in total. The van der Waals surface area contributed by atoms with Crippen molar-refractivity contribution in [2.75, 3.05) is 11.9 Å². The fourth-order valence-electron chi connectivity index (χ4n) is 2.41. The quantitative estimate of drug-likeness (QED) is 0.451. The van der Waals surface area contributed by atoms with Crippen LogP contribution in [0.1, 0.15) is 16.6 Å². The summed E-state index contributed by atoms with van der Waals surface area (Å²) in [5.41, 5.74) is -1.29. The Kier molecular flexibility index (Phi) is 5.05. The van der Waals surface area contributed by atoms with E-state index in [1.165, 1.54) is 30.4 Å². The molecule has 0 unspecified atom stereocenters. The first kappa shape index (κ1) is 18.4. The van der Waals surface area contributed by atoms with E-state index >= 15 is 0 Å². The van der Waals surface area contributed by atoms with Crippen LogP contribution in [0.5, 0.6) is 0 Å². The van der Waals surface area contributed by atoms with Crippen molar-refractivity contribution in [3.8, 4) is 0 Å². The minimum atomic E-state index is -1.00. The van der Waals surface area contributed by atoms with Gasteiger partial charge in [-0.3, -0.25) is 19.5 Å². The maximum atomic E-state index is 14.3. The maximum absolute atomic E-state index is 14.3. The monoisotopic (exact) mass is 376 g/mol. The number of nitrogens with one attached hydrogen (secondary N) is 1. The molecule has 0 spiro atoms. The summed E-state index contributed by atoms with van der Waals surface area (Å²) in [6.45, 7) is -0.297. The summed E-state index contributed by atoms with van der Waals surface area (Å²) in [7, 11) is 0. The van der Waals surface area contributed by atoms with Crippen LogP contribution >= 0.6 is 0 Å². The van der Waals surface area contributed by atoms with Gasteiger partial charge >= 0.3 is 5.69 Å². The molecule has 1 amide bonds. The number of rotatable bonds is 5. The number of carbonyl (C=O) groups excluding carboxylic acids is 1. The summed E-state index contributed by atoms with van der Waals surface area (Å²) < 4.78 is 20.4. The Balaban J connectivity index is 1.82. The molecule has 2 heterocycles. The minimum absolute atomic E-state index is 0.0950. The van der Waals surface area contributed by atoms with Crippen LogP contribution in [-0.4, -0.2) is 38.2 Å².